The minimum absolute atomic E-state index is 0.00235. The third-order valence-electron chi connectivity index (χ3n) is 6.31. The van der Waals surface area contributed by atoms with Crippen LogP contribution < -0.4 is 23.8 Å². The van der Waals surface area contributed by atoms with E-state index in [4.69, 9.17) is 25.8 Å². The van der Waals surface area contributed by atoms with E-state index in [0.29, 0.717) is 11.3 Å². The Morgan fingerprint density at radius 3 is 2.12 bits per heavy atom. The van der Waals surface area contributed by atoms with Crippen LogP contribution in [0.2, 0.25) is 5.02 Å². The van der Waals surface area contributed by atoms with Gasteiger partial charge < -0.3 is 24.4 Å². The van der Waals surface area contributed by atoms with Gasteiger partial charge in [-0.15, -0.1) is 0 Å². The van der Waals surface area contributed by atoms with Crippen molar-refractivity contribution in [3.63, 3.8) is 0 Å². The normalized spacial score (nSPS) is 11.8. The highest BCUT2D eigenvalue weighted by atomic mass is 35.5. The first-order valence-electron chi connectivity index (χ1n) is 12.3. The topological polar surface area (TPSA) is 114 Å². The number of benzene rings is 3. The van der Waals surface area contributed by atoms with E-state index < -0.39 is 40.2 Å². The summed E-state index contributed by atoms with van der Waals surface area (Å²) >= 11 is 6.24. The number of methoxy groups -OCH3 is 3. The summed E-state index contributed by atoms with van der Waals surface area (Å²) in [6.45, 7) is 0.688. The summed E-state index contributed by atoms with van der Waals surface area (Å²) in [7, 11) is 1.09. The minimum atomic E-state index is -4.46. The molecule has 0 aliphatic carbocycles. The van der Waals surface area contributed by atoms with Crippen molar-refractivity contribution < 1.29 is 36.6 Å². The molecule has 0 unspecified atom stereocenters. The van der Waals surface area contributed by atoms with Gasteiger partial charge in [0.15, 0.2) is 11.5 Å². The molecule has 0 saturated heterocycles. The standard InChI is InChI=1S/C28H31ClFN3O7S/c1-18(28(35)31-2)32(16-19-6-9-21(30)10-7-19)27(34)17-33(23-14-20(29)8-12-24(23)38-3)41(36,37)22-11-13-25(39-4)26(15-22)40-5/h6-15,18H,16-17H2,1-5H3,(H,31,35)/t18-/m0/s1. The zero-order valence-corrected chi connectivity index (χ0v) is 24.8. The summed E-state index contributed by atoms with van der Waals surface area (Å²) in [6.07, 6.45) is 0. The number of hydrogen-bond acceptors (Lipinski definition) is 7. The van der Waals surface area contributed by atoms with Crippen LogP contribution in [0.1, 0.15) is 12.5 Å². The van der Waals surface area contributed by atoms with Gasteiger partial charge in [0, 0.05) is 24.7 Å². The number of nitrogens with one attached hydrogen (secondary N) is 1. The Balaban J connectivity index is 2.14. The Morgan fingerprint density at radius 1 is 0.927 bits per heavy atom. The number of carbonyl (C=O) groups excluding carboxylic acids is 2. The second-order valence-electron chi connectivity index (χ2n) is 8.78. The number of anilines is 1. The molecule has 41 heavy (non-hydrogen) atoms. The highest BCUT2D eigenvalue weighted by molar-refractivity contribution is 7.92. The SMILES string of the molecule is CNC(=O)[C@H](C)N(Cc1ccc(F)cc1)C(=O)CN(c1cc(Cl)ccc1OC)S(=O)(=O)c1ccc(OC)c(OC)c1. The molecule has 3 aromatic carbocycles. The second-order valence-corrected chi connectivity index (χ2v) is 11.1. The third kappa shape index (κ3) is 7.19. The predicted molar refractivity (Wildman–Crippen MR) is 153 cm³/mol. The van der Waals surface area contributed by atoms with Crippen molar-refractivity contribution in [1.29, 1.82) is 0 Å². The number of ether oxygens (including phenoxy) is 3. The third-order valence-corrected chi connectivity index (χ3v) is 8.30. The van der Waals surface area contributed by atoms with Gasteiger partial charge in [-0.05, 0) is 55.0 Å². The molecule has 2 amide bonds. The number of rotatable bonds is 12. The first kappa shape index (κ1) is 31.5. The van der Waals surface area contributed by atoms with E-state index in [9.17, 15) is 22.4 Å². The molecule has 10 nitrogen and oxygen atoms in total. The van der Waals surface area contributed by atoms with Crippen molar-refractivity contribution in [2.75, 3.05) is 39.2 Å². The lowest BCUT2D eigenvalue weighted by Crippen LogP contribution is -2.50. The van der Waals surface area contributed by atoms with E-state index >= 15 is 0 Å². The molecule has 13 heteroatoms. The molecular weight excluding hydrogens is 577 g/mol. The van der Waals surface area contributed by atoms with E-state index in [-0.39, 0.29) is 33.6 Å². The van der Waals surface area contributed by atoms with Crippen LogP contribution in [0.25, 0.3) is 0 Å². The smallest absolute Gasteiger partial charge is 0.265 e. The summed E-state index contributed by atoms with van der Waals surface area (Å²) in [6, 6.07) is 12.8. The monoisotopic (exact) mass is 607 g/mol. The van der Waals surface area contributed by atoms with Crippen LogP contribution in [0.3, 0.4) is 0 Å². The molecule has 3 aromatic rings. The number of nitrogens with zero attached hydrogens (tertiary/aromatic N) is 2. The van der Waals surface area contributed by atoms with Crippen LogP contribution in [-0.4, -0.2) is 66.1 Å². The molecule has 0 bridgehead atoms. The lowest BCUT2D eigenvalue weighted by atomic mass is 10.1. The van der Waals surface area contributed by atoms with E-state index in [0.717, 1.165) is 4.31 Å². The fourth-order valence-corrected chi connectivity index (χ4v) is 5.65. The van der Waals surface area contributed by atoms with Crippen molar-refractivity contribution in [1.82, 2.24) is 10.2 Å². The molecule has 0 aliphatic rings. The van der Waals surface area contributed by atoms with E-state index in [1.807, 2.05) is 0 Å². The molecule has 1 N–H and O–H groups in total. The predicted octanol–water partition coefficient (Wildman–Crippen LogP) is 3.86. The average Bonchev–Trinajstić information content (AvgIpc) is 2.98. The van der Waals surface area contributed by atoms with Gasteiger partial charge in [0.25, 0.3) is 10.0 Å². The first-order valence-corrected chi connectivity index (χ1v) is 14.1. The van der Waals surface area contributed by atoms with Gasteiger partial charge in [0.05, 0.1) is 31.9 Å². The Kier molecular flexibility index (Phi) is 10.4. The Labute approximate surface area is 243 Å². The summed E-state index contributed by atoms with van der Waals surface area (Å²) in [4.78, 5) is 27.5. The summed E-state index contributed by atoms with van der Waals surface area (Å²) in [5.74, 6) is -1.06. The first-order chi connectivity index (χ1) is 19.5. The highest BCUT2D eigenvalue weighted by Gasteiger charge is 2.34. The maximum atomic E-state index is 14.1. The van der Waals surface area contributed by atoms with Gasteiger partial charge in [-0.3, -0.25) is 13.9 Å². The number of likely N-dealkylation sites (N-methyl/N-ethyl adjacent to an activating group) is 1. The number of hydrogen-bond donors (Lipinski definition) is 1. The second kappa shape index (κ2) is 13.6. The summed E-state index contributed by atoms with van der Waals surface area (Å²) < 4.78 is 58.6. The number of halogens is 2. The molecule has 0 saturated carbocycles. The lowest BCUT2D eigenvalue weighted by molar-refractivity contribution is -0.139. The van der Waals surface area contributed by atoms with Gasteiger partial charge in [0.2, 0.25) is 11.8 Å². The molecule has 220 valence electrons. The van der Waals surface area contributed by atoms with Crippen LogP contribution in [-0.2, 0) is 26.2 Å². The fraction of sp³-hybridized carbons (Fsp3) is 0.286. The number of amides is 2. The van der Waals surface area contributed by atoms with Crippen molar-refractivity contribution >= 4 is 39.1 Å². The number of sulfonamides is 1. The van der Waals surface area contributed by atoms with Crippen molar-refractivity contribution in [3.8, 4) is 17.2 Å². The largest absolute Gasteiger partial charge is 0.495 e. The molecule has 0 aromatic heterocycles. The molecule has 1 atom stereocenters. The Bertz CT molecular complexity index is 1500. The van der Waals surface area contributed by atoms with Crippen molar-refractivity contribution in [2.45, 2.75) is 24.4 Å². The van der Waals surface area contributed by atoms with E-state index in [2.05, 4.69) is 5.32 Å². The zero-order chi connectivity index (χ0) is 30.3. The maximum absolute atomic E-state index is 14.1. The number of carbonyl (C=O) groups is 2. The van der Waals surface area contributed by atoms with Crippen LogP contribution in [0, 0.1) is 5.82 Å². The van der Waals surface area contributed by atoms with Crippen LogP contribution in [0.15, 0.2) is 65.6 Å². The molecule has 0 aliphatic heterocycles. The van der Waals surface area contributed by atoms with Gasteiger partial charge in [-0.1, -0.05) is 23.7 Å². The van der Waals surface area contributed by atoms with Gasteiger partial charge >= 0.3 is 0 Å². The van der Waals surface area contributed by atoms with Crippen LogP contribution >= 0.6 is 11.6 Å². The fourth-order valence-electron chi connectivity index (χ4n) is 4.05. The molecule has 0 heterocycles. The van der Waals surface area contributed by atoms with E-state index in [1.54, 1.807) is 0 Å². The molecule has 3 rings (SSSR count). The van der Waals surface area contributed by atoms with Gasteiger partial charge in [0.1, 0.15) is 24.2 Å². The zero-order valence-electron chi connectivity index (χ0n) is 23.2. The van der Waals surface area contributed by atoms with Crippen LogP contribution in [0.4, 0.5) is 10.1 Å². The Hall–Kier alpha value is -4.03. The lowest BCUT2D eigenvalue weighted by Gasteiger charge is -2.32. The highest BCUT2D eigenvalue weighted by Crippen LogP contribution is 2.37. The Morgan fingerprint density at radius 2 is 1.54 bits per heavy atom. The van der Waals surface area contributed by atoms with Crippen molar-refractivity contribution in [3.05, 3.63) is 77.1 Å². The van der Waals surface area contributed by atoms with Crippen LogP contribution in [0.5, 0.6) is 17.2 Å². The van der Waals surface area contributed by atoms with E-state index in [1.165, 1.54) is 101 Å². The molecule has 0 spiro atoms. The van der Waals surface area contributed by atoms with Gasteiger partial charge in [-0.25, -0.2) is 12.8 Å². The maximum Gasteiger partial charge on any atom is 0.265 e. The average molecular weight is 608 g/mol. The quantitative estimate of drug-likeness (QED) is 0.332. The summed E-state index contributed by atoms with van der Waals surface area (Å²) in [5.41, 5.74) is 0.530. The minimum Gasteiger partial charge on any atom is -0.495 e. The molecule has 0 radical (unpaired) electrons. The molecule has 0 fully saturated rings. The molecular formula is C28H31ClFN3O7S. The van der Waals surface area contributed by atoms with Gasteiger partial charge in [-0.2, -0.15) is 0 Å². The van der Waals surface area contributed by atoms with Crippen molar-refractivity contribution in [2.24, 2.45) is 0 Å². The summed E-state index contributed by atoms with van der Waals surface area (Å²) in [5, 5.41) is 2.69.